The quantitative estimate of drug-likeness (QED) is 0.197. The first-order chi connectivity index (χ1) is 29.8. The van der Waals surface area contributed by atoms with Gasteiger partial charge in [0.1, 0.15) is 41.7 Å². The van der Waals surface area contributed by atoms with E-state index in [1.165, 1.54) is 13.0 Å². The minimum Gasteiger partial charge on any atom is -0.459 e. The first kappa shape index (κ1) is 48.6. The van der Waals surface area contributed by atoms with Gasteiger partial charge in [-0.05, 0) is 63.3 Å². The zero-order chi connectivity index (χ0) is 45.6. The number of carbonyl (C=O) groups is 1. The SMILES string of the molecule is CC[C@H](C)[C@H]1O[C@]2(C=C[C@@H]1C)C[C@@H]1C[C@@H](C/C=C(\C)[C@@H](O[C@H]3C[C@H](OC)[C@@H](O[C@H]4C[C@H](OC)[C@@H](O)[C@H](C)O4)[C@H](C)O3)[C@@H](C)/C=C/C=C3\CO[C@@H]4[C@H](O)[C@](C)(O)C=C(C(=O)O1)[C@]34O)O2. The summed E-state index contributed by atoms with van der Waals surface area (Å²) < 4.78 is 63.4. The third kappa shape index (κ3) is 9.88. The van der Waals surface area contributed by atoms with Gasteiger partial charge in [-0.25, -0.2) is 4.79 Å². The highest BCUT2D eigenvalue weighted by molar-refractivity contribution is 5.93. The second-order valence-corrected chi connectivity index (χ2v) is 19.3. The van der Waals surface area contributed by atoms with E-state index < -0.39 is 103 Å². The van der Waals surface area contributed by atoms with E-state index in [1.807, 2.05) is 32.9 Å². The van der Waals surface area contributed by atoms with Gasteiger partial charge in [-0.1, -0.05) is 64.5 Å². The molecule has 2 bridgehead atoms. The molecule has 0 radical (unpaired) electrons. The van der Waals surface area contributed by atoms with E-state index in [4.69, 9.17) is 47.4 Å². The van der Waals surface area contributed by atoms with Gasteiger partial charge in [0.05, 0.1) is 54.9 Å². The van der Waals surface area contributed by atoms with Gasteiger partial charge in [0.2, 0.25) is 0 Å². The Labute approximate surface area is 372 Å². The zero-order valence-corrected chi connectivity index (χ0v) is 38.6. The lowest BCUT2D eigenvalue weighted by atomic mass is 9.71. The van der Waals surface area contributed by atoms with E-state index in [-0.39, 0.29) is 42.5 Å². The van der Waals surface area contributed by atoms with Crippen LogP contribution in [0.3, 0.4) is 0 Å². The van der Waals surface area contributed by atoms with Crippen LogP contribution in [0.1, 0.15) is 93.9 Å². The van der Waals surface area contributed by atoms with Gasteiger partial charge >= 0.3 is 5.97 Å². The Morgan fingerprint density at radius 2 is 1.60 bits per heavy atom. The van der Waals surface area contributed by atoms with Gasteiger partial charge in [0.25, 0.3) is 0 Å². The van der Waals surface area contributed by atoms with Crippen molar-refractivity contribution in [1.82, 2.24) is 0 Å². The summed E-state index contributed by atoms with van der Waals surface area (Å²) in [5, 5.41) is 45.5. The average Bonchev–Trinajstić information content (AvgIpc) is 3.58. The molecule has 63 heavy (non-hydrogen) atoms. The Morgan fingerprint density at radius 3 is 2.32 bits per heavy atom. The maximum atomic E-state index is 14.4. The van der Waals surface area contributed by atoms with E-state index in [0.717, 1.165) is 12.0 Å². The highest BCUT2D eigenvalue weighted by Gasteiger charge is 2.62. The monoisotopic (exact) mass is 888 g/mol. The van der Waals surface area contributed by atoms with Gasteiger partial charge < -0.3 is 67.8 Å². The van der Waals surface area contributed by atoms with Crippen molar-refractivity contribution in [1.29, 1.82) is 0 Å². The number of esters is 1. The Hall–Kier alpha value is -2.35. The molecule has 20 atom stereocenters. The smallest absolute Gasteiger partial charge is 0.337 e. The molecule has 4 N–H and O–H groups in total. The van der Waals surface area contributed by atoms with E-state index in [2.05, 4.69) is 32.9 Å². The molecule has 1 spiro atoms. The summed E-state index contributed by atoms with van der Waals surface area (Å²) in [5.74, 6) is -1.86. The van der Waals surface area contributed by atoms with Crippen molar-refractivity contribution in [3.05, 3.63) is 59.3 Å². The second kappa shape index (κ2) is 19.5. The molecule has 15 heteroatoms. The Bertz CT molecular complexity index is 1770. The van der Waals surface area contributed by atoms with Crippen LogP contribution in [0.5, 0.6) is 0 Å². The number of carbonyl (C=O) groups excluding carboxylic acids is 1. The molecule has 7 aliphatic rings. The molecular weight excluding hydrogens is 817 g/mol. The topological polar surface area (TPSA) is 190 Å². The summed E-state index contributed by atoms with van der Waals surface area (Å²) >= 11 is 0. The molecular formula is C48H72O15. The number of aliphatic hydroxyl groups excluding tert-OH is 2. The van der Waals surface area contributed by atoms with Crippen LogP contribution < -0.4 is 0 Å². The largest absolute Gasteiger partial charge is 0.459 e. The third-order valence-electron chi connectivity index (χ3n) is 14.5. The van der Waals surface area contributed by atoms with Crippen LogP contribution in [0, 0.1) is 17.8 Å². The molecule has 0 aromatic carbocycles. The van der Waals surface area contributed by atoms with Crippen molar-refractivity contribution >= 4 is 5.97 Å². The summed E-state index contributed by atoms with van der Waals surface area (Å²) in [6, 6.07) is 0. The summed E-state index contributed by atoms with van der Waals surface area (Å²) in [7, 11) is 3.20. The molecule has 6 heterocycles. The van der Waals surface area contributed by atoms with E-state index in [1.54, 1.807) is 33.3 Å². The van der Waals surface area contributed by atoms with E-state index in [0.29, 0.717) is 31.3 Å². The summed E-state index contributed by atoms with van der Waals surface area (Å²) in [4.78, 5) is 14.4. The Balaban J connectivity index is 1.20. The first-order valence-electron chi connectivity index (χ1n) is 23.0. The maximum Gasteiger partial charge on any atom is 0.337 e. The minimum absolute atomic E-state index is 0.0975. The standard InChI is InChI=1S/C48H72O15/c1-11-25(2)41-28(5)17-18-47(63-41)22-33-19-32(62-47)16-15-27(4)40(60-38-21-36(55-10)42(30(7)58-38)61-37-20-35(54-9)39(49)29(6)57-37)26(3)13-12-14-31-24-56-44-43(50)46(8,52)23-34(45(51)59-33)48(31,44)53/h12-15,17-18,23,25-26,28-30,32-33,35-44,49-50,52-53H,11,16,19-22,24H2,1-10H3/b13-12+,27-15+,31-14+/t25-,26-,28-,29-,30-,32+,33-,35-,36-,37-,38-,39-,40-,41+,42-,43-,44+,46+,47+,48+/m0/s1. The summed E-state index contributed by atoms with van der Waals surface area (Å²) in [5.41, 5.74) is -2.91. The Kier molecular flexibility index (Phi) is 15.0. The molecule has 4 fully saturated rings. The van der Waals surface area contributed by atoms with Crippen molar-refractivity contribution in [3.8, 4) is 0 Å². The number of hydrogen-bond acceptors (Lipinski definition) is 15. The maximum absolute atomic E-state index is 14.4. The van der Waals surface area contributed by atoms with Gasteiger partial charge in [-0.2, -0.15) is 0 Å². The summed E-state index contributed by atoms with van der Waals surface area (Å²) in [6.45, 7) is 15.4. The van der Waals surface area contributed by atoms with Crippen molar-refractivity contribution < 1.29 is 72.6 Å². The van der Waals surface area contributed by atoms with Crippen molar-refractivity contribution in [2.24, 2.45) is 17.8 Å². The van der Waals surface area contributed by atoms with Gasteiger partial charge in [-0.3, -0.25) is 0 Å². The lowest BCUT2D eigenvalue weighted by Crippen LogP contribution is -2.61. The third-order valence-corrected chi connectivity index (χ3v) is 14.5. The molecule has 354 valence electrons. The molecule has 0 saturated carbocycles. The average molecular weight is 889 g/mol. The molecule has 15 nitrogen and oxygen atoms in total. The number of rotatable bonds is 8. The van der Waals surface area contributed by atoms with Crippen molar-refractivity contribution in [2.75, 3.05) is 20.8 Å². The van der Waals surface area contributed by atoms with Gasteiger partial charge in [0, 0.05) is 51.7 Å². The van der Waals surface area contributed by atoms with Gasteiger partial charge in [-0.15, -0.1) is 0 Å². The highest BCUT2D eigenvalue weighted by atomic mass is 16.7. The van der Waals surface area contributed by atoms with Crippen molar-refractivity contribution in [2.45, 2.75) is 197 Å². The predicted molar refractivity (Wildman–Crippen MR) is 229 cm³/mol. The number of fused-ring (bicyclic) bond motifs is 2. The van der Waals surface area contributed by atoms with Gasteiger partial charge in [0.15, 0.2) is 18.4 Å². The molecule has 6 aliphatic heterocycles. The van der Waals surface area contributed by atoms with Crippen LogP contribution in [-0.4, -0.2) is 150 Å². The summed E-state index contributed by atoms with van der Waals surface area (Å²) in [6.07, 6.45) is 6.45. The van der Waals surface area contributed by atoms with E-state index in [9.17, 15) is 25.2 Å². The normalized spacial score (nSPS) is 49.7. The van der Waals surface area contributed by atoms with Crippen LogP contribution in [0.25, 0.3) is 0 Å². The van der Waals surface area contributed by atoms with Crippen LogP contribution >= 0.6 is 0 Å². The number of allylic oxidation sites excluding steroid dienone is 2. The number of methoxy groups -OCH3 is 2. The molecule has 4 saturated heterocycles. The number of hydrogen-bond donors (Lipinski definition) is 4. The van der Waals surface area contributed by atoms with Crippen LogP contribution in [0.2, 0.25) is 0 Å². The Morgan fingerprint density at radius 1 is 0.905 bits per heavy atom. The lowest BCUT2D eigenvalue weighted by Gasteiger charge is -2.48. The molecule has 1 aliphatic carbocycles. The van der Waals surface area contributed by atoms with E-state index >= 15 is 0 Å². The van der Waals surface area contributed by atoms with Crippen LogP contribution in [-0.2, 0) is 52.2 Å². The van der Waals surface area contributed by atoms with Crippen molar-refractivity contribution in [3.63, 3.8) is 0 Å². The van der Waals surface area contributed by atoms with Crippen LogP contribution in [0.4, 0.5) is 0 Å². The fraction of sp³-hybridized carbons (Fsp3) is 0.771. The number of ether oxygens (including phenoxy) is 10. The zero-order valence-electron chi connectivity index (χ0n) is 38.6. The first-order valence-corrected chi connectivity index (χ1v) is 23.0. The highest BCUT2D eigenvalue weighted by Crippen LogP contribution is 2.47. The lowest BCUT2D eigenvalue weighted by molar-refractivity contribution is -0.318. The molecule has 0 aromatic rings. The minimum atomic E-state index is -2.08. The molecule has 0 amide bonds. The number of aliphatic hydroxyl groups is 4. The predicted octanol–water partition coefficient (Wildman–Crippen LogP) is 4.49. The van der Waals surface area contributed by atoms with Crippen LogP contribution in [0.15, 0.2) is 59.3 Å². The molecule has 0 aromatic heterocycles. The molecule has 0 unspecified atom stereocenters. The fourth-order valence-electron chi connectivity index (χ4n) is 10.5. The second-order valence-electron chi connectivity index (χ2n) is 19.3. The molecule has 7 rings (SSSR count). The fourth-order valence-corrected chi connectivity index (χ4v) is 10.5.